The second-order valence-electron chi connectivity index (χ2n) is 4.75. The van der Waals surface area contributed by atoms with E-state index in [0.29, 0.717) is 5.56 Å². The molecule has 1 fully saturated rings. The highest BCUT2D eigenvalue weighted by Crippen LogP contribution is 2.28. The van der Waals surface area contributed by atoms with Gasteiger partial charge >= 0.3 is 0 Å². The van der Waals surface area contributed by atoms with Crippen LogP contribution < -0.4 is 5.32 Å². The number of Topliss-reactive ketones (excluding diaryl/α,β-unsaturated/α-hetero) is 1. The van der Waals surface area contributed by atoms with E-state index in [1.54, 1.807) is 13.0 Å². The van der Waals surface area contributed by atoms with Crippen molar-refractivity contribution < 1.29 is 9.18 Å². The number of rotatable bonds is 3. The highest BCUT2D eigenvalue weighted by molar-refractivity contribution is 6.04. The molecule has 3 heteroatoms. The van der Waals surface area contributed by atoms with Gasteiger partial charge in [0.05, 0.1) is 5.54 Å². The first-order chi connectivity index (χ1) is 8.09. The fraction of sp³-hybridized carbons (Fsp3) is 0.500. The quantitative estimate of drug-likeness (QED) is 0.816. The fourth-order valence-electron chi connectivity index (χ4n) is 2.60. The summed E-state index contributed by atoms with van der Waals surface area (Å²) in [5, 5.41) is 3.32. The molecule has 1 unspecified atom stereocenters. The SMILES string of the molecule is CCC1(C(=O)c2ccc(F)cc2C)CCCN1. The van der Waals surface area contributed by atoms with Crippen LogP contribution in [0.15, 0.2) is 18.2 Å². The number of hydrogen-bond donors (Lipinski definition) is 1. The van der Waals surface area contributed by atoms with Crippen molar-refractivity contribution in [1.82, 2.24) is 5.32 Å². The Morgan fingerprint density at radius 2 is 2.29 bits per heavy atom. The molecule has 2 nitrogen and oxygen atoms in total. The molecule has 1 aliphatic heterocycles. The Hall–Kier alpha value is -1.22. The van der Waals surface area contributed by atoms with Crippen molar-refractivity contribution in [1.29, 1.82) is 0 Å². The lowest BCUT2D eigenvalue weighted by molar-refractivity contribution is 0.0863. The molecule has 0 aliphatic carbocycles. The average Bonchev–Trinajstić information content (AvgIpc) is 2.78. The first kappa shape index (κ1) is 12.2. The van der Waals surface area contributed by atoms with Crippen LogP contribution in [0.25, 0.3) is 0 Å². The van der Waals surface area contributed by atoms with Crippen LogP contribution in [-0.2, 0) is 0 Å². The molecule has 0 bridgehead atoms. The molecule has 2 rings (SSSR count). The summed E-state index contributed by atoms with van der Waals surface area (Å²) in [6.07, 6.45) is 2.68. The Bertz CT molecular complexity index is 436. The normalized spacial score (nSPS) is 23.9. The third-order valence-electron chi connectivity index (χ3n) is 3.71. The lowest BCUT2D eigenvalue weighted by Gasteiger charge is -2.27. The van der Waals surface area contributed by atoms with Gasteiger partial charge in [-0.1, -0.05) is 6.92 Å². The second kappa shape index (κ2) is 4.57. The number of hydrogen-bond acceptors (Lipinski definition) is 2. The second-order valence-corrected chi connectivity index (χ2v) is 4.75. The lowest BCUT2D eigenvalue weighted by atomic mass is 9.84. The van der Waals surface area contributed by atoms with Gasteiger partial charge in [0.25, 0.3) is 0 Å². The van der Waals surface area contributed by atoms with E-state index in [4.69, 9.17) is 0 Å². The van der Waals surface area contributed by atoms with Gasteiger partial charge in [-0.2, -0.15) is 0 Å². The molecule has 0 radical (unpaired) electrons. The molecule has 92 valence electrons. The highest BCUT2D eigenvalue weighted by Gasteiger charge is 2.39. The van der Waals surface area contributed by atoms with E-state index < -0.39 is 5.54 Å². The predicted octanol–water partition coefficient (Wildman–Crippen LogP) is 2.85. The van der Waals surface area contributed by atoms with E-state index in [1.165, 1.54) is 12.1 Å². The molecule has 1 heterocycles. The molecule has 17 heavy (non-hydrogen) atoms. The smallest absolute Gasteiger partial charge is 0.183 e. The van der Waals surface area contributed by atoms with Gasteiger partial charge in [0.15, 0.2) is 5.78 Å². The van der Waals surface area contributed by atoms with E-state index in [9.17, 15) is 9.18 Å². The first-order valence-corrected chi connectivity index (χ1v) is 6.15. The lowest BCUT2D eigenvalue weighted by Crippen LogP contribution is -2.47. The molecule has 1 aromatic rings. The van der Waals surface area contributed by atoms with E-state index in [2.05, 4.69) is 5.32 Å². The minimum atomic E-state index is -0.428. The van der Waals surface area contributed by atoms with Gasteiger partial charge in [-0.3, -0.25) is 4.79 Å². The predicted molar refractivity (Wildman–Crippen MR) is 65.7 cm³/mol. The number of ketones is 1. The third kappa shape index (κ3) is 2.12. The summed E-state index contributed by atoms with van der Waals surface area (Å²) >= 11 is 0. The number of benzene rings is 1. The Morgan fingerprint density at radius 1 is 1.53 bits per heavy atom. The topological polar surface area (TPSA) is 29.1 Å². The molecule has 1 aromatic carbocycles. The van der Waals surface area contributed by atoms with Crippen LogP contribution in [0.2, 0.25) is 0 Å². The van der Waals surface area contributed by atoms with Crippen LogP contribution in [0, 0.1) is 12.7 Å². The van der Waals surface area contributed by atoms with Crippen LogP contribution in [0.1, 0.15) is 42.1 Å². The summed E-state index contributed by atoms with van der Waals surface area (Å²) in [6.45, 7) is 4.70. The summed E-state index contributed by atoms with van der Waals surface area (Å²) in [7, 11) is 0. The van der Waals surface area contributed by atoms with Crippen molar-refractivity contribution in [3.63, 3.8) is 0 Å². The standard InChI is InChI=1S/C14H18FNO/c1-3-14(7-4-8-16-14)13(17)12-6-5-11(15)9-10(12)2/h5-6,9,16H,3-4,7-8H2,1-2H3. The van der Waals surface area contributed by atoms with Crippen LogP contribution in [0.4, 0.5) is 4.39 Å². The Morgan fingerprint density at radius 3 is 2.82 bits per heavy atom. The van der Waals surface area contributed by atoms with Crippen molar-refractivity contribution in [3.8, 4) is 0 Å². The number of nitrogens with one attached hydrogen (secondary N) is 1. The van der Waals surface area contributed by atoms with Gasteiger partial charge in [-0.25, -0.2) is 4.39 Å². The van der Waals surface area contributed by atoms with Gasteiger partial charge in [0.1, 0.15) is 5.82 Å². The van der Waals surface area contributed by atoms with Gasteiger partial charge < -0.3 is 5.32 Å². The molecular formula is C14H18FNO. The van der Waals surface area contributed by atoms with Crippen molar-refractivity contribution >= 4 is 5.78 Å². The molecule has 1 atom stereocenters. The Balaban J connectivity index is 2.36. The third-order valence-corrected chi connectivity index (χ3v) is 3.71. The van der Waals surface area contributed by atoms with Crippen LogP contribution in [-0.4, -0.2) is 17.9 Å². The minimum Gasteiger partial charge on any atom is -0.305 e. The van der Waals surface area contributed by atoms with Gasteiger partial charge in [0.2, 0.25) is 0 Å². The van der Waals surface area contributed by atoms with Crippen molar-refractivity contribution in [2.45, 2.75) is 38.6 Å². The van der Waals surface area contributed by atoms with E-state index >= 15 is 0 Å². The van der Waals surface area contributed by atoms with Crippen LogP contribution >= 0.6 is 0 Å². The summed E-state index contributed by atoms with van der Waals surface area (Å²) in [4.78, 5) is 12.5. The Labute approximate surface area is 101 Å². The van der Waals surface area contributed by atoms with Crippen molar-refractivity contribution in [2.24, 2.45) is 0 Å². The molecule has 0 saturated carbocycles. The number of aryl methyl sites for hydroxylation is 1. The molecule has 1 saturated heterocycles. The highest BCUT2D eigenvalue weighted by atomic mass is 19.1. The zero-order valence-corrected chi connectivity index (χ0v) is 10.3. The van der Waals surface area contributed by atoms with E-state index in [-0.39, 0.29) is 11.6 Å². The van der Waals surface area contributed by atoms with Crippen LogP contribution in [0.5, 0.6) is 0 Å². The fourth-order valence-corrected chi connectivity index (χ4v) is 2.60. The maximum Gasteiger partial charge on any atom is 0.183 e. The Kier molecular flexibility index (Phi) is 3.29. The van der Waals surface area contributed by atoms with E-state index in [0.717, 1.165) is 31.4 Å². The molecule has 0 amide bonds. The van der Waals surface area contributed by atoms with Crippen molar-refractivity contribution in [3.05, 3.63) is 35.1 Å². The number of halogens is 1. The maximum absolute atomic E-state index is 13.0. The largest absolute Gasteiger partial charge is 0.305 e. The molecular weight excluding hydrogens is 217 g/mol. The number of carbonyl (C=O) groups excluding carboxylic acids is 1. The zero-order valence-electron chi connectivity index (χ0n) is 10.3. The van der Waals surface area contributed by atoms with E-state index in [1.807, 2.05) is 6.92 Å². The summed E-state index contributed by atoms with van der Waals surface area (Å²) < 4.78 is 13.0. The monoisotopic (exact) mass is 235 g/mol. The maximum atomic E-state index is 13.0. The first-order valence-electron chi connectivity index (χ1n) is 6.15. The molecule has 0 spiro atoms. The zero-order chi connectivity index (χ0) is 12.5. The average molecular weight is 235 g/mol. The molecule has 1 N–H and O–H groups in total. The van der Waals surface area contributed by atoms with Crippen molar-refractivity contribution in [2.75, 3.05) is 6.54 Å². The van der Waals surface area contributed by atoms with Gasteiger partial charge in [-0.15, -0.1) is 0 Å². The van der Waals surface area contributed by atoms with Crippen LogP contribution in [0.3, 0.4) is 0 Å². The summed E-state index contributed by atoms with van der Waals surface area (Å²) in [6, 6.07) is 4.38. The summed E-state index contributed by atoms with van der Waals surface area (Å²) in [5.74, 6) is -0.182. The van der Waals surface area contributed by atoms with Gasteiger partial charge in [0, 0.05) is 5.56 Å². The summed E-state index contributed by atoms with van der Waals surface area (Å²) in [5.41, 5.74) is 0.932. The number of carbonyl (C=O) groups is 1. The minimum absolute atomic E-state index is 0.106. The molecule has 0 aromatic heterocycles. The molecule has 1 aliphatic rings. The van der Waals surface area contributed by atoms with Gasteiger partial charge in [-0.05, 0) is 56.5 Å².